The fraction of sp³-hybridized carbons (Fsp3) is 0.188. The maximum Gasteiger partial charge on any atom is 0.143 e. The summed E-state index contributed by atoms with van der Waals surface area (Å²) in [5.74, 6) is 0.813. The summed E-state index contributed by atoms with van der Waals surface area (Å²) in [5, 5.41) is 12.4. The lowest BCUT2D eigenvalue weighted by Gasteiger charge is -2.17. The number of anilines is 1. The Hall–Kier alpha value is -2.74. The van der Waals surface area contributed by atoms with Crippen LogP contribution in [0.3, 0.4) is 0 Å². The molecule has 0 spiro atoms. The lowest BCUT2D eigenvalue weighted by atomic mass is 10.1. The summed E-state index contributed by atoms with van der Waals surface area (Å²) >= 11 is 0. The number of hydrogen-bond donors (Lipinski definition) is 1. The van der Waals surface area contributed by atoms with Gasteiger partial charge in [0.25, 0.3) is 0 Å². The first kappa shape index (κ1) is 14.7. The molecule has 0 aliphatic carbocycles. The number of halogens is 1. The van der Waals surface area contributed by atoms with E-state index in [1.807, 2.05) is 0 Å². The molecule has 21 heavy (non-hydrogen) atoms. The second kappa shape index (κ2) is 6.62. The lowest BCUT2D eigenvalue weighted by Crippen LogP contribution is -2.10. The molecule has 1 atom stereocenters. The Kier molecular flexibility index (Phi) is 4.62. The molecule has 0 saturated heterocycles. The van der Waals surface area contributed by atoms with Crippen molar-refractivity contribution >= 4 is 5.69 Å². The van der Waals surface area contributed by atoms with E-state index in [0.717, 1.165) is 0 Å². The smallest absolute Gasteiger partial charge is 0.143 e. The van der Waals surface area contributed by atoms with Gasteiger partial charge in [-0.15, -0.1) is 0 Å². The molecule has 0 aliphatic heterocycles. The third kappa shape index (κ3) is 3.42. The van der Waals surface area contributed by atoms with Crippen molar-refractivity contribution < 1.29 is 13.9 Å². The van der Waals surface area contributed by atoms with Gasteiger partial charge in [-0.3, -0.25) is 0 Å². The molecule has 0 fully saturated rings. The van der Waals surface area contributed by atoms with Gasteiger partial charge < -0.3 is 14.8 Å². The third-order valence-electron chi connectivity index (χ3n) is 3.01. The monoisotopic (exact) mass is 286 g/mol. The van der Waals surface area contributed by atoms with E-state index in [1.54, 1.807) is 37.4 Å². The van der Waals surface area contributed by atoms with Crippen molar-refractivity contribution in [3.8, 4) is 17.6 Å². The Labute approximate surface area is 122 Å². The van der Waals surface area contributed by atoms with Crippen molar-refractivity contribution in [2.45, 2.75) is 6.04 Å². The average Bonchev–Trinajstić information content (AvgIpc) is 2.52. The van der Waals surface area contributed by atoms with Gasteiger partial charge in [-0.25, -0.2) is 4.39 Å². The van der Waals surface area contributed by atoms with Crippen molar-refractivity contribution in [3.63, 3.8) is 0 Å². The number of nitrogens with one attached hydrogen (secondary N) is 1. The average molecular weight is 286 g/mol. The largest absolute Gasteiger partial charge is 0.497 e. The van der Waals surface area contributed by atoms with Crippen LogP contribution in [-0.4, -0.2) is 14.2 Å². The topological polar surface area (TPSA) is 54.3 Å². The van der Waals surface area contributed by atoms with E-state index < -0.39 is 6.04 Å². The van der Waals surface area contributed by atoms with E-state index in [9.17, 15) is 9.65 Å². The summed E-state index contributed by atoms with van der Waals surface area (Å²) in [5.41, 5.74) is 1.15. The van der Waals surface area contributed by atoms with Crippen LogP contribution >= 0.6 is 0 Å². The Morgan fingerprint density at radius 2 is 1.95 bits per heavy atom. The van der Waals surface area contributed by atoms with E-state index in [2.05, 4.69) is 11.4 Å². The molecule has 2 aromatic rings. The Morgan fingerprint density at radius 1 is 1.14 bits per heavy atom. The van der Waals surface area contributed by atoms with Crippen molar-refractivity contribution in [2.75, 3.05) is 19.5 Å². The van der Waals surface area contributed by atoms with Gasteiger partial charge in [0.15, 0.2) is 0 Å². The summed E-state index contributed by atoms with van der Waals surface area (Å²) in [6, 6.07) is 12.6. The zero-order chi connectivity index (χ0) is 15.2. The number of hydrogen-bond acceptors (Lipinski definition) is 4. The Morgan fingerprint density at radius 3 is 2.57 bits per heavy atom. The van der Waals surface area contributed by atoms with Crippen LogP contribution < -0.4 is 14.8 Å². The molecule has 0 radical (unpaired) electrons. The van der Waals surface area contributed by atoms with Crippen LogP contribution in [-0.2, 0) is 0 Å². The zero-order valence-corrected chi connectivity index (χ0v) is 11.8. The summed E-state index contributed by atoms with van der Waals surface area (Å²) in [4.78, 5) is 0. The number of nitrogens with zero attached hydrogens (tertiary/aromatic N) is 1. The maximum atomic E-state index is 13.2. The minimum Gasteiger partial charge on any atom is -0.497 e. The van der Waals surface area contributed by atoms with Crippen molar-refractivity contribution in [2.24, 2.45) is 0 Å². The number of nitriles is 1. The minimum absolute atomic E-state index is 0.366. The highest BCUT2D eigenvalue weighted by molar-refractivity contribution is 5.52. The highest BCUT2D eigenvalue weighted by Crippen LogP contribution is 2.31. The molecule has 2 aromatic carbocycles. The fourth-order valence-corrected chi connectivity index (χ4v) is 1.99. The van der Waals surface area contributed by atoms with Gasteiger partial charge in [-0.2, -0.15) is 5.26 Å². The van der Waals surface area contributed by atoms with Crippen molar-refractivity contribution in [1.82, 2.24) is 0 Å². The number of rotatable bonds is 5. The molecule has 0 heterocycles. The first-order valence-corrected chi connectivity index (χ1v) is 6.31. The fourth-order valence-electron chi connectivity index (χ4n) is 1.99. The molecular formula is C16H15FN2O2. The highest BCUT2D eigenvalue weighted by Gasteiger charge is 2.17. The normalized spacial score (nSPS) is 11.3. The second-order valence-electron chi connectivity index (χ2n) is 4.32. The summed E-state index contributed by atoms with van der Waals surface area (Å²) < 4.78 is 23.7. The van der Waals surface area contributed by atoms with Gasteiger partial charge >= 0.3 is 0 Å². The van der Waals surface area contributed by atoms with Crippen LogP contribution in [0, 0.1) is 17.1 Å². The maximum absolute atomic E-state index is 13.2. The molecule has 4 nitrogen and oxygen atoms in total. The third-order valence-corrected chi connectivity index (χ3v) is 3.01. The summed E-state index contributed by atoms with van der Waals surface area (Å²) in [6.45, 7) is 0. The van der Waals surface area contributed by atoms with Gasteiger partial charge in [0, 0.05) is 11.3 Å². The van der Waals surface area contributed by atoms with Gasteiger partial charge in [0.05, 0.1) is 20.3 Å². The number of methoxy groups -OCH3 is 2. The molecule has 2 rings (SSSR count). The first-order chi connectivity index (χ1) is 10.2. The quantitative estimate of drug-likeness (QED) is 0.913. The predicted molar refractivity (Wildman–Crippen MR) is 77.9 cm³/mol. The molecule has 0 bridgehead atoms. The Bertz CT molecular complexity index is 668. The van der Waals surface area contributed by atoms with Crippen LogP contribution in [0.1, 0.15) is 11.6 Å². The van der Waals surface area contributed by atoms with E-state index in [-0.39, 0.29) is 5.82 Å². The molecular weight excluding hydrogens is 271 g/mol. The number of ether oxygens (including phenoxy) is 2. The van der Waals surface area contributed by atoms with Crippen LogP contribution in [0.15, 0.2) is 42.5 Å². The Balaban J connectivity index is 2.35. The number of benzene rings is 2. The second-order valence-corrected chi connectivity index (χ2v) is 4.32. The van der Waals surface area contributed by atoms with E-state index in [1.165, 1.54) is 19.2 Å². The first-order valence-electron chi connectivity index (χ1n) is 6.31. The van der Waals surface area contributed by atoms with Crippen LogP contribution in [0.5, 0.6) is 11.5 Å². The van der Waals surface area contributed by atoms with Crippen LogP contribution in [0.25, 0.3) is 0 Å². The summed E-state index contributed by atoms with van der Waals surface area (Å²) in [7, 11) is 3.08. The molecule has 0 aromatic heterocycles. The SMILES string of the molecule is COc1ccc(OC)c(C(C#N)Nc2cccc(F)c2)c1. The van der Waals surface area contributed by atoms with Gasteiger partial charge in [-0.05, 0) is 36.4 Å². The van der Waals surface area contributed by atoms with Crippen LogP contribution in [0.4, 0.5) is 10.1 Å². The molecule has 1 N–H and O–H groups in total. The molecule has 0 saturated carbocycles. The van der Waals surface area contributed by atoms with Crippen molar-refractivity contribution in [3.05, 3.63) is 53.8 Å². The van der Waals surface area contributed by atoms with Gasteiger partial charge in [0.2, 0.25) is 0 Å². The lowest BCUT2D eigenvalue weighted by molar-refractivity contribution is 0.398. The zero-order valence-electron chi connectivity index (χ0n) is 11.8. The van der Waals surface area contributed by atoms with Crippen LogP contribution in [0.2, 0.25) is 0 Å². The van der Waals surface area contributed by atoms with Gasteiger partial charge in [0.1, 0.15) is 23.4 Å². The van der Waals surface area contributed by atoms with E-state index >= 15 is 0 Å². The molecule has 0 amide bonds. The predicted octanol–water partition coefficient (Wildman–Crippen LogP) is 3.52. The minimum atomic E-state index is -0.683. The highest BCUT2D eigenvalue weighted by atomic mass is 19.1. The van der Waals surface area contributed by atoms with E-state index in [4.69, 9.17) is 9.47 Å². The summed E-state index contributed by atoms with van der Waals surface area (Å²) in [6.07, 6.45) is 0. The molecule has 5 heteroatoms. The van der Waals surface area contributed by atoms with E-state index in [0.29, 0.717) is 22.7 Å². The standard InChI is InChI=1S/C16H15FN2O2/c1-20-13-6-7-16(21-2)14(9-13)15(10-18)19-12-5-3-4-11(17)8-12/h3-9,15,19H,1-2H3. The molecule has 0 aliphatic rings. The van der Waals surface area contributed by atoms with Crippen molar-refractivity contribution in [1.29, 1.82) is 5.26 Å². The molecule has 108 valence electrons. The molecule has 1 unspecified atom stereocenters. The van der Waals surface area contributed by atoms with Gasteiger partial charge in [-0.1, -0.05) is 6.07 Å².